The topological polar surface area (TPSA) is 67.8 Å². The predicted molar refractivity (Wildman–Crippen MR) is 114 cm³/mol. The molecule has 3 aromatic rings. The summed E-state index contributed by atoms with van der Waals surface area (Å²) in [4.78, 5) is 24.3. The molecule has 29 heavy (non-hydrogen) atoms. The number of benzene rings is 3. The number of amides is 1. The number of nitrogens with zero attached hydrogens (tertiary/aromatic N) is 1. The highest BCUT2D eigenvalue weighted by molar-refractivity contribution is 6.36. The third-order valence-electron chi connectivity index (χ3n) is 3.71. The molecule has 0 radical (unpaired) electrons. The van der Waals surface area contributed by atoms with Crippen LogP contribution in [0.3, 0.4) is 0 Å². The molecule has 0 aromatic heterocycles. The van der Waals surface area contributed by atoms with Crippen LogP contribution in [0.1, 0.15) is 26.3 Å². The smallest absolute Gasteiger partial charge is 0.345 e. The van der Waals surface area contributed by atoms with Gasteiger partial charge in [-0.1, -0.05) is 46.9 Å². The Kier molecular flexibility index (Phi) is 6.88. The molecule has 0 saturated carbocycles. The molecule has 0 heterocycles. The fourth-order valence-corrected chi connectivity index (χ4v) is 2.92. The Labute approximate surface area is 181 Å². The number of nitrogens with one attached hydrogen (secondary N) is 1. The Morgan fingerprint density at radius 3 is 2.34 bits per heavy atom. The lowest BCUT2D eigenvalue weighted by molar-refractivity contribution is 0.0734. The Bertz CT molecular complexity index is 1080. The normalized spacial score (nSPS) is 10.7. The minimum Gasteiger partial charge on any atom is -0.423 e. The van der Waals surface area contributed by atoms with Crippen LogP contribution in [0.25, 0.3) is 0 Å². The number of hydrazone groups is 1. The summed E-state index contributed by atoms with van der Waals surface area (Å²) in [5.41, 5.74) is 3.66. The average molecular weight is 448 g/mol. The van der Waals surface area contributed by atoms with E-state index in [1.807, 2.05) is 0 Å². The van der Waals surface area contributed by atoms with Gasteiger partial charge in [0.05, 0.1) is 16.8 Å². The molecule has 0 aliphatic carbocycles. The van der Waals surface area contributed by atoms with Gasteiger partial charge >= 0.3 is 5.97 Å². The van der Waals surface area contributed by atoms with Crippen molar-refractivity contribution in [3.05, 3.63) is 98.5 Å². The van der Waals surface area contributed by atoms with Gasteiger partial charge in [-0.3, -0.25) is 4.79 Å². The Balaban J connectivity index is 1.64. The third-order valence-corrected chi connectivity index (χ3v) is 4.51. The van der Waals surface area contributed by atoms with Crippen molar-refractivity contribution in [2.24, 2.45) is 5.10 Å². The van der Waals surface area contributed by atoms with Crippen LogP contribution >= 0.6 is 34.8 Å². The van der Waals surface area contributed by atoms with E-state index in [0.29, 0.717) is 26.9 Å². The second-order valence-electron chi connectivity index (χ2n) is 5.79. The number of carbonyl (C=O) groups is 2. The van der Waals surface area contributed by atoms with Gasteiger partial charge in [-0.25, -0.2) is 10.2 Å². The summed E-state index contributed by atoms with van der Waals surface area (Å²) < 4.78 is 5.34. The van der Waals surface area contributed by atoms with Gasteiger partial charge in [-0.05, 0) is 60.2 Å². The summed E-state index contributed by atoms with van der Waals surface area (Å²) in [5, 5.41) is 5.07. The second kappa shape index (κ2) is 9.56. The van der Waals surface area contributed by atoms with Crippen molar-refractivity contribution in [1.82, 2.24) is 5.43 Å². The monoisotopic (exact) mass is 446 g/mol. The van der Waals surface area contributed by atoms with E-state index >= 15 is 0 Å². The quantitative estimate of drug-likeness (QED) is 0.238. The molecule has 5 nitrogen and oxygen atoms in total. The van der Waals surface area contributed by atoms with Gasteiger partial charge in [0.1, 0.15) is 5.75 Å². The van der Waals surface area contributed by atoms with Crippen LogP contribution < -0.4 is 10.2 Å². The lowest BCUT2D eigenvalue weighted by atomic mass is 10.2. The molecule has 0 aliphatic heterocycles. The summed E-state index contributed by atoms with van der Waals surface area (Å²) in [6.07, 6.45) is 1.43. The maximum atomic E-state index is 12.3. The Morgan fingerprint density at radius 2 is 1.62 bits per heavy atom. The standard InChI is InChI=1S/C21H13Cl3N2O3/c22-15-6-4-14(5-7-15)20(27)26-25-12-13-2-1-3-17(10-13)29-21(28)18-9-8-16(23)11-19(18)24/h1-12H,(H,26,27)/b25-12+. The largest absolute Gasteiger partial charge is 0.423 e. The summed E-state index contributed by atoms with van der Waals surface area (Å²) in [6.45, 7) is 0. The minimum absolute atomic E-state index is 0.199. The van der Waals surface area contributed by atoms with Gasteiger partial charge in [-0.15, -0.1) is 0 Å². The zero-order valence-electron chi connectivity index (χ0n) is 14.7. The molecule has 0 saturated heterocycles. The van der Waals surface area contributed by atoms with Crippen LogP contribution in [-0.4, -0.2) is 18.1 Å². The number of halogens is 3. The number of hydrogen-bond acceptors (Lipinski definition) is 4. The first kappa shape index (κ1) is 20.9. The molecule has 0 atom stereocenters. The number of esters is 1. The van der Waals surface area contributed by atoms with E-state index in [-0.39, 0.29) is 16.5 Å². The highest BCUT2D eigenvalue weighted by atomic mass is 35.5. The van der Waals surface area contributed by atoms with Gasteiger partial charge in [0.15, 0.2) is 0 Å². The SMILES string of the molecule is O=C(N/N=C/c1cccc(OC(=O)c2ccc(Cl)cc2Cl)c1)c1ccc(Cl)cc1. The number of ether oxygens (including phenoxy) is 1. The molecular formula is C21H13Cl3N2O3. The first-order valence-corrected chi connectivity index (χ1v) is 9.42. The van der Waals surface area contributed by atoms with E-state index < -0.39 is 5.97 Å². The van der Waals surface area contributed by atoms with E-state index in [9.17, 15) is 9.59 Å². The lowest BCUT2D eigenvalue weighted by Crippen LogP contribution is -2.17. The molecular weight excluding hydrogens is 435 g/mol. The molecule has 1 N–H and O–H groups in total. The van der Waals surface area contributed by atoms with Crippen LogP contribution in [0.5, 0.6) is 5.75 Å². The summed E-state index contributed by atoms with van der Waals surface area (Å²) in [6, 6.07) is 17.6. The zero-order valence-corrected chi connectivity index (χ0v) is 17.0. The Morgan fingerprint density at radius 1 is 0.897 bits per heavy atom. The van der Waals surface area contributed by atoms with Crippen molar-refractivity contribution in [2.75, 3.05) is 0 Å². The second-order valence-corrected chi connectivity index (χ2v) is 7.07. The Hall–Kier alpha value is -2.86. The van der Waals surface area contributed by atoms with Crippen LogP contribution in [0, 0.1) is 0 Å². The fraction of sp³-hybridized carbons (Fsp3) is 0. The summed E-state index contributed by atoms with van der Waals surface area (Å²) in [5.74, 6) is -0.691. The molecule has 0 fully saturated rings. The fourth-order valence-electron chi connectivity index (χ4n) is 2.31. The third kappa shape index (κ3) is 5.81. The van der Waals surface area contributed by atoms with Gasteiger partial charge in [0.2, 0.25) is 0 Å². The maximum absolute atomic E-state index is 12.3. The van der Waals surface area contributed by atoms with Crippen molar-refractivity contribution in [3.63, 3.8) is 0 Å². The van der Waals surface area contributed by atoms with Crippen molar-refractivity contribution in [3.8, 4) is 5.75 Å². The van der Waals surface area contributed by atoms with Gasteiger partial charge < -0.3 is 4.74 Å². The number of rotatable bonds is 5. The molecule has 1 amide bonds. The van der Waals surface area contributed by atoms with E-state index in [4.69, 9.17) is 39.5 Å². The molecule has 0 bridgehead atoms. The summed E-state index contributed by atoms with van der Waals surface area (Å²) >= 11 is 17.7. The van der Waals surface area contributed by atoms with Crippen molar-refractivity contribution in [1.29, 1.82) is 0 Å². The minimum atomic E-state index is -0.614. The molecule has 8 heteroatoms. The van der Waals surface area contributed by atoms with E-state index in [0.717, 1.165) is 0 Å². The highest BCUT2D eigenvalue weighted by Gasteiger charge is 2.13. The van der Waals surface area contributed by atoms with Gasteiger partial charge in [0.25, 0.3) is 5.91 Å². The van der Waals surface area contributed by atoms with Gasteiger partial charge in [-0.2, -0.15) is 5.10 Å². The maximum Gasteiger partial charge on any atom is 0.345 e. The first-order valence-electron chi connectivity index (χ1n) is 8.28. The zero-order chi connectivity index (χ0) is 20.8. The van der Waals surface area contributed by atoms with Crippen LogP contribution in [0.15, 0.2) is 71.8 Å². The van der Waals surface area contributed by atoms with Crippen LogP contribution in [-0.2, 0) is 0 Å². The van der Waals surface area contributed by atoms with E-state index in [2.05, 4.69) is 10.5 Å². The lowest BCUT2D eigenvalue weighted by Gasteiger charge is -2.07. The van der Waals surface area contributed by atoms with Crippen LogP contribution in [0.2, 0.25) is 15.1 Å². The molecule has 0 spiro atoms. The van der Waals surface area contributed by atoms with Crippen molar-refractivity contribution < 1.29 is 14.3 Å². The average Bonchev–Trinajstić information content (AvgIpc) is 2.68. The molecule has 0 aliphatic rings. The highest BCUT2D eigenvalue weighted by Crippen LogP contribution is 2.23. The molecule has 3 rings (SSSR count). The van der Waals surface area contributed by atoms with E-state index in [1.165, 1.54) is 18.3 Å². The van der Waals surface area contributed by atoms with Crippen LogP contribution in [0.4, 0.5) is 0 Å². The molecule has 146 valence electrons. The number of hydrogen-bond donors (Lipinski definition) is 1. The number of carbonyl (C=O) groups excluding carboxylic acids is 2. The van der Waals surface area contributed by atoms with Crippen molar-refractivity contribution in [2.45, 2.75) is 0 Å². The van der Waals surface area contributed by atoms with E-state index in [1.54, 1.807) is 54.6 Å². The predicted octanol–water partition coefficient (Wildman–Crippen LogP) is 5.63. The molecule has 0 unspecified atom stereocenters. The van der Waals surface area contributed by atoms with Gasteiger partial charge in [0, 0.05) is 15.6 Å². The molecule has 3 aromatic carbocycles. The summed E-state index contributed by atoms with van der Waals surface area (Å²) in [7, 11) is 0. The first-order chi connectivity index (χ1) is 13.9. The van der Waals surface area contributed by atoms with Crippen molar-refractivity contribution >= 4 is 52.9 Å².